The quantitative estimate of drug-likeness (QED) is 0.796. The molecule has 1 heterocycles. The smallest absolute Gasteiger partial charge is 0.164 e. The maximum absolute atomic E-state index is 5.99. The minimum absolute atomic E-state index is 0.691. The number of hydrogen-bond donors (Lipinski definition) is 0. The van der Waals surface area contributed by atoms with Crippen molar-refractivity contribution >= 4 is 27.5 Å². The maximum Gasteiger partial charge on any atom is 0.164 e. The Morgan fingerprint density at radius 1 is 1.38 bits per heavy atom. The molecule has 3 nitrogen and oxygen atoms in total. The number of nitrogens with zero attached hydrogens (tertiary/aromatic N) is 3. The first-order chi connectivity index (χ1) is 7.63. The normalized spacial score (nSPS) is 10.8. The lowest BCUT2D eigenvalue weighted by molar-refractivity contribution is 0.858. The Hall–Kier alpha value is -0.870. The van der Waals surface area contributed by atoms with Gasteiger partial charge in [-0.3, -0.25) is 0 Å². The molecule has 0 saturated heterocycles. The zero-order valence-corrected chi connectivity index (χ0v) is 11.4. The lowest BCUT2D eigenvalue weighted by Gasteiger charge is -2.06. The summed E-state index contributed by atoms with van der Waals surface area (Å²) < 4.78 is 1.97. The Labute approximate surface area is 108 Å². The molecule has 0 atom stereocenters. The summed E-state index contributed by atoms with van der Waals surface area (Å²) in [5.74, 6) is 1.74. The molecule has 84 valence electrons. The van der Waals surface area contributed by atoms with E-state index in [-0.39, 0.29) is 0 Å². The highest BCUT2D eigenvalue weighted by atomic mass is 79.9. The van der Waals surface area contributed by atoms with Gasteiger partial charge in [0.15, 0.2) is 5.82 Å². The molecular weight excluding hydrogens is 289 g/mol. The van der Waals surface area contributed by atoms with Crippen LogP contribution >= 0.6 is 27.5 Å². The fourth-order valence-corrected chi connectivity index (χ4v) is 2.21. The molecule has 0 radical (unpaired) electrons. The lowest BCUT2D eigenvalue weighted by Crippen LogP contribution is -1.98. The van der Waals surface area contributed by atoms with Crippen molar-refractivity contribution in [2.24, 2.45) is 7.05 Å². The Kier molecular flexibility index (Phi) is 3.30. The second-order valence-electron chi connectivity index (χ2n) is 3.59. The predicted octanol–water partition coefficient (Wildman–Crippen LogP) is 3.34. The molecule has 0 spiro atoms. The van der Waals surface area contributed by atoms with Gasteiger partial charge >= 0.3 is 0 Å². The molecule has 0 bridgehead atoms. The van der Waals surface area contributed by atoms with Gasteiger partial charge in [-0.2, -0.15) is 0 Å². The summed E-state index contributed by atoms with van der Waals surface area (Å²) in [5.41, 5.74) is 2.16. The minimum atomic E-state index is 0.691. The maximum atomic E-state index is 5.99. The van der Waals surface area contributed by atoms with Crippen LogP contribution in [0, 0.1) is 6.92 Å². The van der Waals surface area contributed by atoms with E-state index in [2.05, 4.69) is 26.1 Å². The first-order valence-corrected chi connectivity index (χ1v) is 6.34. The molecule has 0 N–H and O–H groups in total. The third-order valence-electron chi connectivity index (χ3n) is 2.53. The molecule has 0 saturated carbocycles. The summed E-state index contributed by atoms with van der Waals surface area (Å²) in [6.45, 7) is 2.04. The Bertz CT molecular complexity index is 522. The summed E-state index contributed by atoms with van der Waals surface area (Å²) >= 11 is 9.37. The van der Waals surface area contributed by atoms with E-state index in [1.807, 2.05) is 36.7 Å². The number of alkyl halides is 1. The van der Waals surface area contributed by atoms with Crippen molar-refractivity contribution in [1.29, 1.82) is 0 Å². The van der Waals surface area contributed by atoms with E-state index in [9.17, 15) is 0 Å². The van der Waals surface area contributed by atoms with E-state index in [0.29, 0.717) is 10.4 Å². The van der Waals surface area contributed by atoms with Crippen molar-refractivity contribution in [3.8, 4) is 11.4 Å². The largest absolute Gasteiger partial charge is 0.313 e. The minimum Gasteiger partial charge on any atom is -0.313 e. The van der Waals surface area contributed by atoms with E-state index in [4.69, 9.17) is 11.6 Å². The van der Waals surface area contributed by atoms with Crippen molar-refractivity contribution < 1.29 is 0 Å². The van der Waals surface area contributed by atoms with Crippen molar-refractivity contribution in [3.05, 3.63) is 34.6 Å². The number of halogens is 2. The van der Waals surface area contributed by atoms with Crippen LogP contribution in [0.1, 0.15) is 11.4 Å². The van der Waals surface area contributed by atoms with Crippen LogP contribution in [0.3, 0.4) is 0 Å². The van der Waals surface area contributed by atoms with E-state index >= 15 is 0 Å². The summed E-state index contributed by atoms with van der Waals surface area (Å²) in [6.07, 6.45) is 0. The number of aryl methyl sites for hydroxylation is 1. The van der Waals surface area contributed by atoms with E-state index in [1.165, 1.54) is 0 Å². The van der Waals surface area contributed by atoms with Crippen LogP contribution < -0.4 is 0 Å². The van der Waals surface area contributed by atoms with E-state index in [1.54, 1.807) is 0 Å². The van der Waals surface area contributed by atoms with Gasteiger partial charge in [-0.1, -0.05) is 33.6 Å². The zero-order valence-electron chi connectivity index (χ0n) is 9.04. The topological polar surface area (TPSA) is 30.7 Å². The fraction of sp³-hybridized carbons (Fsp3) is 0.273. The summed E-state index contributed by atoms with van der Waals surface area (Å²) in [5, 5.41) is 9.69. The average molecular weight is 301 g/mol. The van der Waals surface area contributed by atoms with Gasteiger partial charge in [0.05, 0.1) is 5.33 Å². The number of aromatic nitrogens is 3. The van der Waals surface area contributed by atoms with Crippen molar-refractivity contribution in [3.63, 3.8) is 0 Å². The molecule has 0 fully saturated rings. The molecule has 0 aliphatic heterocycles. The second kappa shape index (κ2) is 4.55. The number of benzene rings is 1. The Balaban J connectivity index is 2.58. The summed E-state index contributed by atoms with van der Waals surface area (Å²) in [4.78, 5) is 0. The third kappa shape index (κ3) is 1.99. The molecule has 1 aromatic heterocycles. The SMILES string of the molecule is Cc1ccc(Cl)cc1-c1nnc(CBr)n1C. The van der Waals surface area contributed by atoms with Crippen LogP contribution in [0.25, 0.3) is 11.4 Å². The Morgan fingerprint density at radius 2 is 2.12 bits per heavy atom. The lowest BCUT2D eigenvalue weighted by atomic mass is 10.1. The molecule has 1 aromatic carbocycles. The standard InChI is InChI=1S/C11H11BrClN3/c1-7-3-4-8(13)5-9(7)11-15-14-10(6-12)16(11)2/h3-5H,6H2,1-2H3. The van der Waals surface area contributed by atoms with Crippen molar-refractivity contribution in [2.75, 3.05) is 0 Å². The molecule has 2 rings (SSSR count). The third-order valence-corrected chi connectivity index (χ3v) is 3.26. The molecule has 0 aliphatic carbocycles. The highest BCUT2D eigenvalue weighted by Gasteiger charge is 2.12. The highest BCUT2D eigenvalue weighted by molar-refractivity contribution is 9.08. The van der Waals surface area contributed by atoms with Gasteiger partial charge in [0, 0.05) is 17.6 Å². The first-order valence-electron chi connectivity index (χ1n) is 4.84. The van der Waals surface area contributed by atoms with E-state index in [0.717, 1.165) is 22.8 Å². The molecule has 0 amide bonds. The van der Waals surface area contributed by atoms with Gasteiger partial charge < -0.3 is 4.57 Å². The molecule has 0 unspecified atom stereocenters. The van der Waals surface area contributed by atoms with Crippen molar-refractivity contribution in [1.82, 2.24) is 14.8 Å². The van der Waals surface area contributed by atoms with Gasteiger partial charge in [0.2, 0.25) is 0 Å². The van der Waals surface area contributed by atoms with Crippen LogP contribution in [-0.4, -0.2) is 14.8 Å². The number of rotatable bonds is 2. The fourth-order valence-electron chi connectivity index (χ4n) is 1.55. The molecule has 5 heteroatoms. The van der Waals surface area contributed by atoms with Crippen LogP contribution in [-0.2, 0) is 12.4 Å². The molecule has 2 aromatic rings. The predicted molar refractivity (Wildman–Crippen MR) is 68.8 cm³/mol. The monoisotopic (exact) mass is 299 g/mol. The molecule has 16 heavy (non-hydrogen) atoms. The number of hydrogen-bond acceptors (Lipinski definition) is 2. The highest BCUT2D eigenvalue weighted by Crippen LogP contribution is 2.25. The molecular formula is C11H11BrClN3. The van der Waals surface area contributed by atoms with Crippen LogP contribution in [0.2, 0.25) is 5.02 Å². The molecule has 0 aliphatic rings. The van der Waals surface area contributed by atoms with Crippen LogP contribution in [0.5, 0.6) is 0 Å². The summed E-state index contributed by atoms with van der Waals surface area (Å²) in [6, 6.07) is 5.78. The summed E-state index contributed by atoms with van der Waals surface area (Å²) in [7, 11) is 1.95. The van der Waals surface area contributed by atoms with Gasteiger partial charge in [0.25, 0.3) is 0 Å². The van der Waals surface area contributed by atoms with Crippen LogP contribution in [0.4, 0.5) is 0 Å². The van der Waals surface area contributed by atoms with E-state index < -0.39 is 0 Å². The zero-order chi connectivity index (χ0) is 11.7. The first kappa shape index (κ1) is 11.6. The van der Waals surface area contributed by atoms with Gasteiger partial charge in [0.1, 0.15) is 5.82 Å². The second-order valence-corrected chi connectivity index (χ2v) is 4.59. The van der Waals surface area contributed by atoms with Crippen LogP contribution in [0.15, 0.2) is 18.2 Å². The average Bonchev–Trinajstić information content (AvgIpc) is 2.63. The van der Waals surface area contributed by atoms with Gasteiger partial charge in [-0.05, 0) is 24.6 Å². The van der Waals surface area contributed by atoms with Gasteiger partial charge in [-0.15, -0.1) is 10.2 Å². The van der Waals surface area contributed by atoms with Crippen molar-refractivity contribution in [2.45, 2.75) is 12.3 Å². The van der Waals surface area contributed by atoms with Gasteiger partial charge in [-0.25, -0.2) is 0 Å². The Morgan fingerprint density at radius 3 is 2.75 bits per heavy atom.